The van der Waals surface area contributed by atoms with Crippen molar-refractivity contribution >= 4 is 28.9 Å². The molecular weight excluding hydrogens is 276 g/mol. The number of rotatable bonds is 2. The number of esters is 1. The van der Waals surface area contributed by atoms with E-state index >= 15 is 0 Å². The van der Waals surface area contributed by atoms with Crippen molar-refractivity contribution < 1.29 is 9.53 Å². The van der Waals surface area contributed by atoms with Crippen LogP contribution >= 0.6 is 11.6 Å². The zero-order chi connectivity index (χ0) is 14.7. The highest BCUT2D eigenvalue weighted by Crippen LogP contribution is 2.35. The number of nitrogens with zero attached hydrogens (tertiary/aromatic N) is 1. The van der Waals surface area contributed by atoms with Gasteiger partial charge in [-0.25, -0.2) is 4.79 Å². The summed E-state index contributed by atoms with van der Waals surface area (Å²) in [7, 11) is 1.37. The van der Waals surface area contributed by atoms with E-state index in [1.54, 1.807) is 12.1 Å². The van der Waals surface area contributed by atoms with Gasteiger partial charge in [-0.1, -0.05) is 18.5 Å². The van der Waals surface area contributed by atoms with Crippen LogP contribution in [0.1, 0.15) is 36.5 Å². The van der Waals surface area contributed by atoms with E-state index in [0.717, 1.165) is 31.6 Å². The maximum absolute atomic E-state index is 12.0. The van der Waals surface area contributed by atoms with Crippen molar-refractivity contribution in [1.29, 1.82) is 0 Å². The first-order chi connectivity index (χ1) is 9.52. The lowest BCUT2D eigenvalue weighted by Crippen LogP contribution is -2.27. The Labute approximate surface area is 124 Å². The largest absolute Gasteiger partial charge is 0.465 e. The quantitative estimate of drug-likeness (QED) is 0.672. The SMILES string of the molecule is COC(=O)c1cc(N)cc(Cl)c1N1CCCC(C)CC1. The third-order valence-electron chi connectivity index (χ3n) is 3.82. The molecule has 1 heterocycles. The number of carbonyl (C=O) groups excluding carboxylic acids is 1. The lowest BCUT2D eigenvalue weighted by molar-refractivity contribution is 0.0601. The molecule has 20 heavy (non-hydrogen) atoms. The predicted molar refractivity (Wildman–Crippen MR) is 82.4 cm³/mol. The van der Waals surface area contributed by atoms with Crippen LogP contribution in [0.25, 0.3) is 0 Å². The third-order valence-corrected chi connectivity index (χ3v) is 4.11. The van der Waals surface area contributed by atoms with Gasteiger partial charge in [0.1, 0.15) is 0 Å². The van der Waals surface area contributed by atoms with Crippen molar-refractivity contribution in [3.63, 3.8) is 0 Å². The van der Waals surface area contributed by atoms with Crippen LogP contribution in [-0.2, 0) is 4.74 Å². The molecule has 0 radical (unpaired) electrons. The predicted octanol–water partition coefficient (Wildman–Crippen LogP) is 3.34. The molecule has 110 valence electrons. The number of anilines is 2. The molecule has 1 aromatic rings. The van der Waals surface area contributed by atoms with E-state index in [1.807, 2.05) is 0 Å². The van der Waals surface area contributed by atoms with Crippen LogP contribution in [0.5, 0.6) is 0 Å². The summed E-state index contributed by atoms with van der Waals surface area (Å²) >= 11 is 6.33. The van der Waals surface area contributed by atoms with E-state index in [9.17, 15) is 4.79 Å². The average Bonchev–Trinajstić information content (AvgIpc) is 2.62. The summed E-state index contributed by atoms with van der Waals surface area (Å²) in [6.07, 6.45) is 3.40. The number of methoxy groups -OCH3 is 1. The maximum atomic E-state index is 12.0. The van der Waals surface area contributed by atoms with Gasteiger partial charge in [-0.05, 0) is 37.3 Å². The minimum atomic E-state index is -0.397. The minimum Gasteiger partial charge on any atom is -0.465 e. The Morgan fingerprint density at radius 2 is 2.15 bits per heavy atom. The van der Waals surface area contributed by atoms with E-state index in [-0.39, 0.29) is 0 Å². The zero-order valence-corrected chi connectivity index (χ0v) is 12.7. The second kappa shape index (κ2) is 6.35. The van der Waals surface area contributed by atoms with Gasteiger partial charge < -0.3 is 15.4 Å². The van der Waals surface area contributed by atoms with Crippen LogP contribution in [0.2, 0.25) is 5.02 Å². The van der Waals surface area contributed by atoms with Gasteiger partial charge in [-0.15, -0.1) is 0 Å². The molecule has 2 rings (SSSR count). The fourth-order valence-corrected chi connectivity index (χ4v) is 3.04. The normalized spacial score (nSPS) is 19.6. The number of benzene rings is 1. The van der Waals surface area contributed by atoms with Crippen molar-refractivity contribution in [1.82, 2.24) is 0 Å². The number of nitrogens with two attached hydrogens (primary N) is 1. The fourth-order valence-electron chi connectivity index (χ4n) is 2.69. The van der Waals surface area contributed by atoms with Gasteiger partial charge in [0.25, 0.3) is 0 Å². The molecular formula is C15H21ClN2O2. The molecule has 1 aliphatic heterocycles. The molecule has 1 unspecified atom stereocenters. The Kier molecular flexibility index (Phi) is 4.76. The zero-order valence-electron chi connectivity index (χ0n) is 12.0. The molecule has 1 atom stereocenters. The van der Waals surface area contributed by atoms with Gasteiger partial charge in [0.05, 0.1) is 23.4 Å². The third kappa shape index (κ3) is 3.18. The van der Waals surface area contributed by atoms with E-state index in [1.165, 1.54) is 13.5 Å². The van der Waals surface area contributed by atoms with Crippen molar-refractivity contribution in [2.45, 2.75) is 26.2 Å². The molecule has 1 fully saturated rings. The highest BCUT2D eigenvalue weighted by atomic mass is 35.5. The van der Waals surface area contributed by atoms with Crippen LogP contribution in [-0.4, -0.2) is 26.2 Å². The Morgan fingerprint density at radius 1 is 1.40 bits per heavy atom. The van der Waals surface area contributed by atoms with Crippen LogP contribution in [0.4, 0.5) is 11.4 Å². The number of nitrogen functional groups attached to an aromatic ring is 1. The van der Waals surface area contributed by atoms with Gasteiger partial charge in [0.2, 0.25) is 0 Å². The fraction of sp³-hybridized carbons (Fsp3) is 0.533. The molecule has 0 saturated carbocycles. The Bertz CT molecular complexity index is 505. The summed E-state index contributed by atoms with van der Waals surface area (Å²) in [6, 6.07) is 3.33. The lowest BCUT2D eigenvalue weighted by atomic mass is 10.0. The standard InChI is InChI=1S/C15H21ClN2O2/c1-10-4-3-6-18(7-5-10)14-12(15(19)20-2)8-11(17)9-13(14)16/h8-10H,3-7,17H2,1-2H3. The van der Waals surface area contributed by atoms with Crippen molar-refractivity contribution in [3.8, 4) is 0 Å². The summed E-state index contributed by atoms with van der Waals surface area (Å²) in [5.41, 5.74) is 7.47. The summed E-state index contributed by atoms with van der Waals surface area (Å²) in [4.78, 5) is 14.1. The van der Waals surface area contributed by atoms with Crippen LogP contribution in [0, 0.1) is 5.92 Å². The topological polar surface area (TPSA) is 55.6 Å². The molecule has 4 nitrogen and oxygen atoms in total. The summed E-state index contributed by atoms with van der Waals surface area (Å²) in [5.74, 6) is 0.306. The first-order valence-electron chi connectivity index (χ1n) is 6.95. The molecule has 0 aromatic heterocycles. The smallest absolute Gasteiger partial charge is 0.340 e. The van der Waals surface area contributed by atoms with Gasteiger partial charge in [0, 0.05) is 18.8 Å². The van der Waals surface area contributed by atoms with Crippen LogP contribution in [0.15, 0.2) is 12.1 Å². The van der Waals surface area contributed by atoms with Crippen LogP contribution < -0.4 is 10.6 Å². The van der Waals surface area contributed by atoms with Gasteiger partial charge in [0.15, 0.2) is 0 Å². The van der Waals surface area contributed by atoms with Crippen molar-refractivity contribution in [3.05, 3.63) is 22.7 Å². The molecule has 0 spiro atoms. The van der Waals surface area contributed by atoms with E-state index in [2.05, 4.69) is 11.8 Å². The maximum Gasteiger partial charge on any atom is 0.340 e. The number of hydrogen-bond donors (Lipinski definition) is 1. The van der Waals surface area contributed by atoms with Crippen molar-refractivity contribution in [2.75, 3.05) is 30.8 Å². The molecule has 0 aliphatic carbocycles. The molecule has 5 heteroatoms. The van der Waals surface area contributed by atoms with Crippen LogP contribution in [0.3, 0.4) is 0 Å². The molecule has 2 N–H and O–H groups in total. The molecule has 1 aliphatic rings. The summed E-state index contributed by atoms with van der Waals surface area (Å²) in [6.45, 7) is 4.06. The Morgan fingerprint density at radius 3 is 2.85 bits per heavy atom. The van der Waals surface area contributed by atoms with E-state index < -0.39 is 5.97 Å². The highest BCUT2D eigenvalue weighted by molar-refractivity contribution is 6.34. The molecule has 1 saturated heterocycles. The molecule has 0 amide bonds. The van der Waals surface area contributed by atoms with Gasteiger partial charge in [-0.3, -0.25) is 0 Å². The summed E-state index contributed by atoms with van der Waals surface area (Å²) < 4.78 is 4.85. The number of carbonyl (C=O) groups is 1. The second-order valence-corrected chi connectivity index (χ2v) is 5.82. The number of hydrogen-bond acceptors (Lipinski definition) is 4. The molecule has 0 bridgehead atoms. The first-order valence-corrected chi connectivity index (χ1v) is 7.33. The summed E-state index contributed by atoms with van der Waals surface area (Å²) in [5, 5.41) is 0.514. The van der Waals surface area contributed by atoms with Gasteiger partial charge >= 0.3 is 5.97 Å². The van der Waals surface area contributed by atoms with Gasteiger partial charge in [-0.2, -0.15) is 0 Å². The Hall–Kier alpha value is -1.42. The lowest BCUT2D eigenvalue weighted by Gasteiger charge is -2.26. The minimum absolute atomic E-state index is 0.397. The van der Waals surface area contributed by atoms with E-state index in [4.69, 9.17) is 22.1 Å². The van der Waals surface area contributed by atoms with E-state index in [0.29, 0.717) is 22.2 Å². The number of halogens is 1. The first kappa shape index (κ1) is 15.0. The molecule has 1 aromatic carbocycles. The second-order valence-electron chi connectivity index (χ2n) is 5.41. The van der Waals surface area contributed by atoms with Crippen molar-refractivity contribution in [2.24, 2.45) is 5.92 Å². The average molecular weight is 297 g/mol. The Balaban J connectivity index is 2.41. The highest BCUT2D eigenvalue weighted by Gasteiger charge is 2.23. The monoisotopic (exact) mass is 296 g/mol. The number of ether oxygens (including phenoxy) is 1.